The lowest BCUT2D eigenvalue weighted by molar-refractivity contribution is 0.00862. The number of nitrogens with zero attached hydrogens (tertiary/aromatic N) is 4. The molecule has 3 aliphatic heterocycles. The Balaban J connectivity index is 1.95. The van der Waals surface area contributed by atoms with Crippen LogP contribution in [0.3, 0.4) is 0 Å². The predicted molar refractivity (Wildman–Crippen MR) is 74.7 cm³/mol. The number of nitrogens with one attached hydrogen (secondary N) is 1. The first-order chi connectivity index (χ1) is 9.22. The van der Waals surface area contributed by atoms with E-state index in [1.54, 1.807) is 0 Å². The highest BCUT2D eigenvalue weighted by Gasteiger charge is 2.34. The summed E-state index contributed by atoms with van der Waals surface area (Å²) in [6.07, 6.45) is 0.895. The molecule has 1 unspecified atom stereocenters. The average molecular weight is 262 g/mol. The second kappa shape index (κ2) is 5.03. The van der Waals surface area contributed by atoms with Gasteiger partial charge in [-0.3, -0.25) is 9.80 Å². The summed E-state index contributed by atoms with van der Waals surface area (Å²) in [5.41, 5.74) is 4.88. The van der Waals surface area contributed by atoms with Crippen molar-refractivity contribution in [1.29, 1.82) is 0 Å². The fourth-order valence-electron chi connectivity index (χ4n) is 3.17. The molecule has 3 N–H and O–H groups in total. The van der Waals surface area contributed by atoms with Gasteiger partial charge in [0.2, 0.25) is 0 Å². The maximum absolute atomic E-state index is 5.61. The minimum atomic E-state index is 0.319. The highest BCUT2D eigenvalue weighted by molar-refractivity contribution is 5.45. The van der Waals surface area contributed by atoms with Crippen LogP contribution in [0.2, 0.25) is 0 Å². The van der Waals surface area contributed by atoms with Crippen molar-refractivity contribution in [2.24, 2.45) is 5.84 Å². The van der Waals surface area contributed by atoms with Crippen molar-refractivity contribution in [2.45, 2.75) is 26.3 Å². The zero-order chi connectivity index (χ0) is 13.4. The molecule has 2 bridgehead atoms. The fraction of sp³-hybridized carbons (Fsp3) is 0.692. The lowest BCUT2D eigenvalue weighted by atomic mass is 10.1. The van der Waals surface area contributed by atoms with E-state index in [2.05, 4.69) is 27.1 Å². The van der Waals surface area contributed by atoms with Crippen LogP contribution in [0.25, 0.3) is 0 Å². The van der Waals surface area contributed by atoms with E-state index in [1.165, 1.54) is 13.1 Å². The number of rotatable bonds is 3. The first-order valence-electron chi connectivity index (χ1n) is 7.03. The van der Waals surface area contributed by atoms with Gasteiger partial charge in [0.15, 0.2) is 0 Å². The average Bonchev–Trinajstić information content (AvgIpc) is 2.47. The van der Waals surface area contributed by atoms with Crippen LogP contribution in [0.15, 0.2) is 0 Å². The van der Waals surface area contributed by atoms with E-state index in [1.807, 2.05) is 6.92 Å². The molecule has 0 aliphatic carbocycles. The number of piperazine rings is 3. The molecule has 3 fully saturated rings. The number of aryl methyl sites for hydroxylation is 1. The van der Waals surface area contributed by atoms with E-state index in [-0.39, 0.29) is 0 Å². The monoisotopic (exact) mass is 262 g/mol. The number of hydrogen-bond donors (Lipinski definition) is 2. The molecule has 0 radical (unpaired) electrons. The van der Waals surface area contributed by atoms with Crippen molar-refractivity contribution in [3.8, 4) is 0 Å². The number of hydrazine groups is 1. The van der Waals surface area contributed by atoms with Gasteiger partial charge in [-0.15, -0.1) is 0 Å². The second-order valence-corrected chi connectivity index (χ2v) is 5.34. The topological polar surface area (TPSA) is 70.3 Å². The first kappa shape index (κ1) is 12.8. The summed E-state index contributed by atoms with van der Waals surface area (Å²) in [6, 6.07) is 0.319. The third-order valence-corrected chi connectivity index (χ3v) is 4.30. The number of nitrogens with two attached hydrogens (primary N) is 1. The van der Waals surface area contributed by atoms with E-state index in [0.717, 1.165) is 49.0 Å². The van der Waals surface area contributed by atoms with Gasteiger partial charge >= 0.3 is 0 Å². The molecule has 6 heteroatoms. The Hall–Kier alpha value is -1.24. The summed E-state index contributed by atoms with van der Waals surface area (Å²) in [5, 5.41) is 0. The number of nitrogen functional groups attached to an aromatic ring is 1. The fourth-order valence-corrected chi connectivity index (χ4v) is 3.17. The number of anilines is 1. The van der Waals surface area contributed by atoms with Crippen LogP contribution in [0.5, 0.6) is 0 Å². The largest absolute Gasteiger partial charge is 0.308 e. The van der Waals surface area contributed by atoms with Gasteiger partial charge < -0.3 is 5.43 Å². The first-order valence-corrected chi connectivity index (χ1v) is 7.03. The Labute approximate surface area is 114 Å². The number of hydrogen-bond acceptors (Lipinski definition) is 6. The molecule has 1 atom stereocenters. The summed E-state index contributed by atoms with van der Waals surface area (Å²) in [6.45, 7) is 9.76. The van der Waals surface area contributed by atoms with Gasteiger partial charge in [0.05, 0.1) is 6.04 Å². The van der Waals surface area contributed by atoms with Crippen LogP contribution in [0, 0.1) is 6.92 Å². The van der Waals surface area contributed by atoms with Gasteiger partial charge in [-0.2, -0.15) is 0 Å². The Morgan fingerprint density at radius 3 is 2.53 bits per heavy atom. The molecular weight excluding hydrogens is 240 g/mol. The standard InChI is InChI=1S/C13H22N6/c1-3-10-9(2)15-13(16-12(10)17-14)11-8-18-4-6-19(11)7-5-18/h11H,3-8,14H2,1-2H3,(H,15,16,17). The molecule has 4 rings (SSSR count). The van der Waals surface area contributed by atoms with Crippen molar-refractivity contribution in [2.75, 3.05) is 38.1 Å². The molecule has 4 heterocycles. The molecule has 6 nitrogen and oxygen atoms in total. The van der Waals surface area contributed by atoms with Crippen LogP contribution >= 0.6 is 0 Å². The quantitative estimate of drug-likeness (QED) is 0.603. The summed E-state index contributed by atoms with van der Waals surface area (Å²) in [5.74, 6) is 7.29. The van der Waals surface area contributed by atoms with E-state index in [4.69, 9.17) is 10.8 Å². The predicted octanol–water partition coefficient (Wildman–Crippen LogP) is 0.305. The van der Waals surface area contributed by atoms with Gasteiger partial charge in [0.1, 0.15) is 11.6 Å². The Bertz CT molecular complexity index is 466. The van der Waals surface area contributed by atoms with Crippen LogP contribution in [0.1, 0.15) is 30.0 Å². The molecule has 104 valence electrons. The molecule has 0 saturated carbocycles. The minimum Gasteiger partial charge on any atom is -0.308 e. The Morgan fingerprint density at radius 1 is 1.26 bits per heavy atom. The van der Waals surface area contributed by atoms with Crippen molar-refractivity contribution >= 4 is 5.82 Å². The van der Waals surface area contributed by atoms with Crippen LogP contribution in [-0.2, 0) is 6.42 Å². The normalized spacial score (nSPS) is 29.5. The summed E-state index contributed by atoms with van der Waals surface area (Å²) >= 11 is 0. The lowest BCUT2D eigenvalue weighted by Gasteiger charge is -2.46. The van der Waals surface area contributed by atoms with Gasteiger partial charge in [0.25, 0.3) is 0 Å². The second-order valence-electron chi connectivity index (χ2n) is 5.34. The van der Waals surface area contributed by atoms with Gasteiger partial charge in [-0.1, -0.05) is 6.92 Å². The maximum atomic E-state index is 5.61. The maximum Gasteiger partial charge on any atom is 0.149 e. The van der Waals surface area contributed by atoms with E-state index >= 15 is 0 Å². The van der Waals surface area contributed by atoms with Crippen molar-refractivity contribution in [3.05, 3.63) is 17.1 Å². The van der Waals surface area contributed by atoms with Gasteiger partial charge in [-0.05, 0) is 13.3 Å². The Kier molecular flexibility index (Phi) is 3.38. The zero-order valence-electron chi connectivity index (χ0n) is 11.7. The molecule has 3 aliphatic rings. The molecule has 1 aromatic heterocycles. The van der Waals surface area contributed by atoms with Crippen LogP contribution in [0.4, 0.5) is 5.82 Å². The summed E-state index contributed by atoms with van der Waals surface area (Å²) in [4.78, 5) is 14.3. The molecule has 0 aromatic carbocycles. The summed E-state index contributed by atoms with van der Waals surface area (Å²) < 4.78 is 0. The van der Waals surface area contributed by atoms with Crippen LogP contribution in [-0.4, -0.2) is 52.5 Å². The molecule has 0 spiro atoms. The lowest BCUT2D eigenvalue weighted by Crippen LogP contribution is -2.57. The Morgan fingerprint density at radius 2 is 2.00 bits per heavy atom. The van der Waals surface area contributed by atoms with E-state index in [9.17, 15) is 0 Å². The summed E-state index contributed by atoms with van der Waals surface area (Å²) in [7, 11) is 0. The highest BCUT2D eigenvalue weighted by atomic mass is 15.4. The smallest absolute Gasteiger partial charge is 0.149 e. The molecular formula is C13H22N6. The van der Waals surface area contributed by atoms with Crippen molar-refractivity contribution in [1.82, 2.24) is 19.8 Å². The van der Waals surface area contributed by atoms with Crippen LogP contribution < -0.4 is 11.3 Å². The number of fused-ring (bicyclic) bond motifs is 3. The zero-order valence-corrected chi connectivity index (χ0v) is 11.7. The minimum absolute atomic E-state index is 0.319. The van der Waals surface area contributed by atoms with Crippen molar-refractivity contribution in [3.63, 3.8) is 0 Å². The molecule has 3 saturated heterocycles. The van der Waals surface area contributed by atoms with Gasteiger partial charge in [0, 0.05) is 44.0 Å². The third kappa shape index (κ3) is 2.20. The van der Waals surface area contributed by atoms with Crippen molar-refractivity contribution < 1.29 is 0 Å². The van der Waals surface area contributed by atoms with Gasteiger partial charge in [-0.25, -0.2) is 15.8 Å². The molecule has 0 amide bonds. The number of aromatic nitrogens is 2. The molecule has 19 heavy (non-hydrogen) atoms. The SMILES string of the molecule is CCc1c(C)nc(C2CN3CCN2CC3)nc1NN. The van der Waals surface area contributed by atoms with E-state index < -0.39 is 0 Å². The molecule has 1 aromatic rings. The highest BCUT2D eigenvalue weighted by Crippen LogP contribution is 2.28. The van der Waals surface area contributed by atoms with E-state index in [0.29, 0.717) is 6.04 Å². The third-order valence-electron chi connectivity index (χ3n) is 4.30.